The minimum absolute atomic E-state index is 0.0279. The van der Waals surface area contributed by atoms with Crippen LogP contribution in [0.3, 0.4) is 0 Å². The highest BCUT2D eigenvalue weighted by Crippen LogP contribution is 2.37. The lowest BCUT2D eigenvalue weighted by Crippen LogP contribution is -2.68. The van der Waals surface area contributed by atoms with Crippen molar-refractivity contribution < 1.29 is 4.79 Å². The number of amides is 1. The maximum Gasteiger partial charge on any atom is 0.269 e. The van der Waals surface area contributed by atoms with Crippen molar-refractivity contribution in [2.45, 2.75) is 38.4 Å². The van der Waals surface area contributed by atoms with Gasteiger partial charge in [0.25, 0.3) is 11.5 Å². The number of hydrogen-bond acceptors (Lipinski definition) is 6. The molecule has 0 aromatic carbocycles. The number of carbonyl (C=O) groups is 1. The van der Waals surface area contributed by atoms with Gasteiger partial charge >= 0.3 is 0 Å². The first kappa shape index (κ1) is 19.7. The Hall–Kier alpha value is -3.26. The van der Waals surface area contributed by atoms with Gasteiger partial charge in [-0.05, 0) is 42.7 Å². The molecule has 3 aromatic rings. The number of aromatic nitrogens is 3. The van der Waals surface area contributed by atoms with E-state index in [1.54, 1.807) is 19.3 Å². The van der Waals surface area contributed by atoms with Crippen molar-refractivity contribution in [3.63, 3.8) is 0 Å². The molecule has 0 aliphatic carbocycles. The van der Waals surface area contributed by atoms with E-state index in [9.17, 15) is 9.59 Å². The maximum absolute atomic E-state index is 12.1. The average molecular weight is 419 g/mol. The van der Waals surface area contributed by atoms with Gasteiger partial charge in [-0.15, -0.1) is 0 Å². The van der Waals surface area contributed by atoms with Crippen LogP contribution < -0.4 is 15.8 Å². The predicted octanol–water partition coefficient (Wildman–Crippen LogP) is 1.70. The van der Waals surface area contributed by atoms with Gasteiger partial charge in [-0.25, -0.2) is 4.98 Å². The second kappa shape index (κ2) is 7.77. The molecule has 3 aliphatic heterocycles. The van der Waals surface area contributed by atoms with Crippen LogP contribution in [0.15, 0.2) is 41.5 Å². The molecule has 2 bridgehead atoms. The van der Waals surface area contributed by atoms with Crippen molar-refractivity contribution in [2.24, 2.45) is 0 Å². The summed E-state index contributed by atoms with van der Waals surface area (Å²) in [4.78, 5) is 40.6. The molecular formula is C23H26N6O2. The number of piperazine rings is 1. The molecule has 0 radical (unpaired) electrons. The molecule has 3 fully saturated rings. The van der Waals surface area contributed by atoms with Gasteiger partial charge in [0.1, 0.15) is 5.69 Å². The summed E-state index contributed by atoms with van der Waals surface area (Å²) >= 11 is 0. The van der Waals surface area contributed by atoms with Crippen LogP contribution in [0.25, 0.3) is 11.0 Å². The summed E-state index contributed by atoms with van der Waals surface area (Å²) in [5.74, 6) is -0.169. The molecule has 2 unspecified atom stereocenters. The smallest absolute Gasteiger partial charge is 0.269 e. The van der Waals surface area contributed by atoms with Gasteiger partial charge in [-0.2, -0.15) is 0 Å². The Kier molecular flexibility index (Phi) is 4.94. The van der Waals surface area contributed by atoms with Gasteiger partial charge in [0.2, 0.25) is 0 Å². The van der Waals surface area contributed by atoms with Gasteiger partial charge in [0, 0.05) is 50.5 Å². The first-order chi connectivity index (χ1) is 15.1. The molecule has 6 rings (SSSR count). The zero-order valence-electron chi connectivity index (χ0n) is 17.8. The topological polar surface area (TPSA) is 94.2 Å². The van der Waals surface area contributed by atoms with E-state index < -0.39 is 0 Å². The predicted molar refractivity (Wildman–Crippen MR) is 119 cm³/mol. The Morgan fingerprint density at radius 3 is 2.68 bits per heavy atom. The summed E-state index contributed by atoms with van der Waals surface area (Å²) in [7, 11) is 1.61. The summed E-state index contributed by atoms with van der Waals surface area (Å²) in [6.07, 6.45) is 5.59. The van der Waals surface area contributed by atoms with E-state index in [4.69, 9.17) is 0 Å². The first-order valence-corrected chi connectivity index (χ1v) is 10.8. The highest BCUT2D eigenvalue weighted by atomic mass is 16.1. The minimum Gasteiger partial charge on any atom is -0.362 e. The molecule has 2 N–H and O–H groups in total. The third-order valence-electron chi connectivity index (χ3n) is 6.39. The summed E-state index contributed by atoms with van der Waals surface area (Å²) in [6.45, 7) is 4.73. The zero-order valence-corrected chi connectivity index (χ0v) is 17.8. The number of fused-ring (bicyclic) bond motifs is 3. The molecule has 3 saturated heterocycles. The Labute approximate surface area is 180 Å². The second-order valence-corrected chi connectivity index (χ2v) is 8.38. The lowest BCUT2D eigenvalue weighted by Gasteiger charge is -2.57. The molecule has 2 atom stereocenters. The van der Waals surface area contributed by atoms with Crippen LogP contribution in [0.1, 0.15) is 35.0 Å². The van der Waals surface area contributed by atoms with Crippen LogP contribution in [0.2, 0.25) is 0 Å². The normalized spacial score (nSPS) is 20.5. The molecule has 8 heteroatoms. The van der Waals surface area contributed by atoms with Crippen molar-refractivity contribution in [3.05, 3.63) is 63.8 Å². The first-order valence-electron chi connectivity index (χ1n) is 10.8. The van der Waals surface area contributed by atoms with E-state index in [1.165, 1.54) is 6.42 Å². The summed E-state index contributed by atoms with van der Waals surface area (Å²) in [6, 6.07) is 8.60. The molecule has 0 saturated carbocycles. The van der Waals surface area contributed by atoms with Crippen molar-refractivity contribution in [2.75, 3.05) is 25.0 Å². The monoisotopic (exact) mass is 418 g/mol. The SMILES string of the molecule is CCc1cc2ncc(CN3CC4CC(C3)N4c3ccc(C(=O)NC)nc3)cc2[nH]c1=O. The molecule has 160 valence electrons. The number of H-pyrrole nitrogens is 1. The van der Waals surface area contributed by atoms with E-state index in [2.05, 4.69) is 30.1 Å². The van der Waals surface area contributed by atoms with Crippen molar-refractivity contribution in [3.8, 4) is 0 Å². The average Bonchev–Trinajstić information content (AvgIpc) is 2.78. The lowest BCUT2D eigenvalue weighted by atomic mass is 9.86. The van der Waals surface area contributed by atoms with Crippen molar-refractivity contribution in [1.29, 1.82) is 0 Å². The number of carbonyl (C=O) groups excluding carboxylic acids is 1. The molecule has 3 aromatic heterocycles. The number of anilines is 1. The quantitative estimate of drug-likeness (QED) is 0.655. The third kappa shape index (κ3) is 3.57. The van der Waals surface area contributed by atoms with Gasteiger partial charge in [-0.1, -0.05) is 6.92 Å². The van der Waals surface area contributed by atoms with Crippen LogP contribution in [-0.2, 0) is 13.0 Å². The molecular weight excluding hydrogens is 392 g/mol. The van der Waals surface area contributed by atoms with Crippen molar-refractivity contribution in [1.82, 2.24) is 25.2 Å². The zero-order chi connectivity index (χ0) is 21.5. The van der Waals surface area contributed by atoms with E-state index in [1.807, 2.05) is 31.3 Å². The Morgan fingerprint density at radius 2 is 2.00 bits per heavy atom. The minimum atomic E-state index is -0.169. The number of aromatic amines is 1. The number of nitrogens with zero attached hydrogens (tertiary/aromatic N) is 4. The largest absolute Gasteiger partial charge is 0.362 e. The van der Waals surface area contributed by atoms with Crippen LogP contribution >= 0.6 is 0 Å². The van der Waals surface area contributed by atoms with E-state index >= 15 is 0 Å². The van der Waals surface area contributed by atoms with Gasteiger partial charge in [0.05, 0.1) is 22.9 Å². The fraction of sp³-hybridized carbons (Fsp3) is 0.391. The highest BCUT2D eigenvalue weighted by molar-refractivity contribution is 5.92. The summed E-state index contributed by atoms with van der Waals surface area (Å²) < 4.78 is 0. The molecule has 1 amide bonds. The van der Waals surface area contributed by atoms with Gasteiger partial charge in [-0.3, -0.25) is 19.5 Å². The molecule has 31 heavy (non-hydrogen) atoms. The summed E-state index contributed by atoms with van der Waals surface area (Å²) in [5.41, 5.74) is 4.99. The Balaban J connectivity index is 1.27. The van der Waals surface area contributed by atoms with Crippen LogP contribution in [-0.4, -0.2) is 58.0 Å². The second-order valence-electron chi connectivity index (χ2n) is 8.38. The number of piperidine rings is 1. The van der Waals surface area contributed by atoms with Gasteiger partial charge in [0.15, 0.2) is 0 Å². The lowest BCUT2D eigenvalue weighted by molar-refractivity contribution is 0.0958. The van der Waals surface area contributed by atoms with Crippen LogP contribution in [0, 0.1) is 0 Å². The summed E-state index contributed by atoms with van der Waals surface area (Å²) in [5, 5.41) is 2.60. The standard InChI is InChI=1S/C23H26N6O2/c1-3-15-7-20-21(27-22(15)30)6-14(9-25-20)11-28-12-17-8-18(13-28)29(17)16-4-5-19(26-10-16)23(31)24-2/h4-7,9-10,17-18H,3,8,11-13H2,1-2H3,(H,24,31)(H,27,30). The van der Waals surface area contributed by atoms with Crippen LogP contribution in [0.5, 0.6) is 0 Å². The van der Waals surface area contributed by atoms with Crippen LogP contribution in [0.4, 0.5) is 5.69 Å². The number of pyridine rings is 3. The number of hydrogen-bond donors (Lipinski definition) is 2. The maximum atomic E-state index is 12.1. The number of rotatable bonds is 5. The molecule has 3 aliphatic rings. The van der Waals surface area contributed by atoms with E-state index in [-0.39, 0.29) is 11.5 Å². The Morgan fingerprint density at radius 1 is 1.19 bits per heavy atom. The third-order valence-corrected chi connectivity index (χ3v) is 6.39. The van der Waals surface area contributed by atoms with Gasteiger partial charge < -0.3 is 15.2 Å². The fourth-order valence-corrected chi connectivity index (χ4v) is 4.82. The van der Waals surface area contributed by atoms with E-state index in [0.717, 1.165) is 47.5 Å². The molecule has 8 nitrogen and oxygen atoms in total. The highest BCUT2D eigenvalue weighted by Gasteiger charge is 2.44. The number of nitrogens with one attached hydrogen (secondary N) is 2. The molecule has 0 spiro atoms. The molecule has 6 heterocycles. The Bertz CT molecular complexity index is 1180. The number of aryl methyl sites for hydroxylation is 1. The van der Waals surface area contributed by atoms with E-state index in [0.29, 0.717) is 24.2 Å². The van der Waals surface area contributed by atoms with Crippen molar-refractivity contribution >= 4 is 22.6 Å². The fourth-order valence-electron chi connectivity index (χ4n) is 4.82.